The summed E-state index contributed by atoms with van der Waals surface area (Å²) in [6, 6.07) is 6.68. The molecule has 1 aromatic carbocycles. The zero-order valence-electron chi connectivity index (χ0n) is 11.2. The highest BCUT2D eigenvalue weighted by Gasteiger charge is 2.27. The zero-order chi connectivity index (χ0) is 14.4. The topological polar surface area (TPSA) is 81.2 Å². The molecule has 0 aliphatic carbocycles. The van der Waals surface area contributed by atoms with Gasteiger partial charge in [0, 0.05) is 6.61 Å². The first-order valence-electron chi connectivity index (χ1n) is 6.40. The SMILES string of the molecule is COc1cccc(C(=[N+]=[N-])C(=O)OCC2CCCO2)c1. The fraction of sp³-hybridized carbons (Fsp3) is 0.429. The van der Waals surface area contributed by atoms with Crippen molar-refractivity contribution < 1.29 is 23.8 Å². The predicted octanol–water partition coefficient (Wildman–Crippen LogP) is 1.44. The van der Waals surface area contributed by atoms with Crippen LogP contribution >= 0.6 is 0 Å². The van der Waals surface area contributed by atoms with Crippen molar-refractivity contribution in [1.82, 2.24) is 0 Å². The summed E-state index contributed by atoms with van der Waals surface area (Å²) < 4.78 is 15.5. The van der Waals surface area contributed by atoms with Gasteiger partial charge in [0.15, 0.2) is 0 Å². The number of carbonyl (C=O) groups excluding carboxylic acids is 1. The van der Waals surface area contributed by atoms with E-state index < -0.39 is 5.97 Å². The van der Waals surface area contributed by atoms with Gasteiger partial charge in [-0.05, 0) is 31.0 Å². The molecule has 6 heteroatoms. The van der Waals surface area contributed by atoms with E-state index >= 15 is 0 Å². The standard InChI is InChI=1S/C14H16N2O4/c1-18-11-5-2-4-10(8-11)13(16-15)14(17)20-9-12-6-3-7-19-12/h2,4-5,8,12H,3,6-7,9H2,1H3. The number of nitrogens with zero attached hydrogens (tertiary/aromatic N) is 2. The molecule has 0 amide bonds. The number of esters is 1. The Morgan fingerprint density at radius 1 is 1.55 bits per heavy atom. The summed E-state index contributed by atoms with van der Waals surface area (Å²) in [4.78, 5) is 14.9. The van der Waals surface area contributed by atoms with Gasteiger partial charge in [-0.25, -0.2) is 4.79 Å². The van der Waals surface area contributed by atoms with Crippen LogP contribution in [0.1, 0.15) is 18.4 Å². The van der Waals surface area contributed by atoms with Gasteiger partial charge in [0.05, 0.1) is 18.8 Å². The van der Waals surface area contributed by atoms with Crippen molar-refractivity contribution >= 4 is 11.7 Å². The normalized spacial score (nSPS) is 17.4. The molecule has 0 spiro atoms. The van der Waals surface area contributed by atoms with Crippen LogP contribution in [0.5, 0.6) is 5.75 Å². The Morgan fingerprint density at radius 2 is 2.40 bits per heavy atom. The van der Waals surface area contributed by atoms with E-state index in [9.17, 15) is 4.79 Å². The van der Waals surface area contributed by atoms with Crippen LogP contribution in [0.15, 0.2) is 24.3 Å². The lowest BCUT2D eigenvalue weighted by Gasteiger charge is -2.08. The van der Waals surface area contributed by atoms with Gasteiger partial charge in [-0.1, -0.05) is 6.07 Å². The van der Waals surface area contributed by atoms with Crippen molar-refractivity contribution in [2.24, 2.45) is 0 Å². The molecule has 106 valence electrons. The van der Waals surface area contributed by atoms with Crippen LogP contribution in [-0.4, -0.2) is 42.9 Å². The molecule has 0 radical (unpaired) electrons. The van der Waals surface area contributed by atoms with Crippen LogP contribution in [0, 0.1) is 0 Å². The molecule has 1 aliphatic rings. The molecule has 1 aromatic rings. The first-order chi connectivity index (χ1) is 9.74. The Morgan fingerprint density at radius 3 is 3.05 bits per heavy atom. The highest BCUT2D eigenvalue weighted by molar-refractivity contribution is 6.40. The molecule has 1 heterocycles. The number of benzene rings is 1. The second kappa shape index (κ2) is 6.84. The Labute approximate surface area is 116 Å². The van der Waals surface area contributed by atoms with Crippen molar-refractivity contribution in [2.75, 3.05) is 20.3 Å². The minimum atomic E-state index is -0.684. The zero-order valence-corrected chi connectivity index (χ0v) is 11.2. The molecule has 0 saturated carbocycles. The second-order valence-electron chi connectivity index (χ2n) is 4.41. The number of methoxy groups -OCH3 is 1. The monoisotopic (exact) mass is 276 g/mol. The molecule has 1 atom stereocenters. The number of rotatable bonds is 5. The smallest absolute Gasteiger partial charge is 0.422 e. The molecular weight excluding hydrogens is 260 g/mol. The van der Waals surface area contributed by atoms with Gasteiger partial charge in [-0.3, -0.25) is 0 Å². The molecule has 1 unspecified atom stereocenters. The molecule has 1 saturated heterocycles. The minimum Gasteiger partial charge on any atom is -0.497 e. The van der Waals surface area contributed by atoms with Crippen molar-refractivity contribution in [3.8, 4) is 5.75 Å². The lowest BCUT2D eigenvalue weighted by Crippen LogP contribution is -2.24. The third-order valence-electron chi connectivity index (χ3n) is 3.06. The van der Waals surface area contributed by atoms with Gasteiger partial charge in [-0.2, -0.15) is 4.79 Å². The highest BCUT2D eigenvalue weighted by Crippen LogP contribution is 2.15. The average molecular weight is 276 g/mol. The third-order valence-corrected chi connectivity index (χ3v) is 3.06. The minimum absolute atomic E-state index is 0.0656. The van der Waals surface area contributed by atoms with Crippen molar-refractivity contribution in [2.45, 2.75) is 18.9 Å². The van der Waals surface area contributed by atoms with E-state index in [4.69, 9.17) is 19.7 Å². The van der Waals surface area contributed by atoms with Gasteiger partial charge in [0.1, 0.15) is 12.4 Å². The fourth-order valence-electron chi connectivity index (χ4n) is 2.00. The summed E-state index contributed by atoms with van der Waals surface area (Å²) in [5.41, 5.74) is 9.30. The molecule has 2 rings (SSSR count). The maximum absolute atomic E-state index is 11.9. The van der Waals surface area contributed by atoms with Crippen LogP contribution in [0.25, 0.3) is 5.53 Å². The van der Waals surface area contributed by atoms with Crippen LogP contribution in [0.4, 0.5) is 0 Å². The summed E-state index contributed by atoms with van der Waals surface area (Å²) in [7, 11) is 1.52. The lowest BCUT2D eigenvalue weighted by atomic mass is 10.1. The van der Waals surface area contributed by atoms with Gasteiger partial charge >= 0.3 is 11.7 Å². The predicted molar refractivity (Wildman–Crippen MR) is 70.7 cm³/mol. The Hall–Kier alpha value is -2.17. The summed E-state index contributed by atoms with van der Waals surface area (Å²) in [5.74, 6) is -0.119. The number of hydrogen-bond donors (Lipinski definition) is 0. The first-order valence-corrected chi connectivity index (χ1v) is 6.40. The van der Waals surface area contributed by atoms with E-state index in [0.717, 1.165) is 12.8 Å². The number of carbonyl (C=O) groups is 1. The van der Waals surface area contributed by atoms with Crippen LogP contribution in [0.2, 0.25) is 0 Å². The third kappa shape index (κ3) is 3.44. The van der Waals surface area contributed by atoms with Gasteiger partial charge in [-0.15, -0.1) is 0 Å². The summed E-state index contributed by atoms with van der Waals surface area (Å²) in [6.45, 7) is 0.862. The first kappa shape index (κ1) is 14.2. The van der Waals surface area contributed by atoms with E-state index in [1.807, 2.05) is 0 Å². The highest BCUT2D eigenvalue weighted by atomic mass is 16.6. The van der Waals surface area contributed by atoms with E-state index in [-0.39, 0.29) is 18.4 Å². The molecular formula is C14H16N2O4. The van der Waals surface area contributed by atoms with Crippen molar-refractivity contribution in [3.63, 3.8) is 0 Å². The van der Waals surface area contributed by atoms with E-state index in [2.05, 4.69) is 4.79 Å². The Bertz CT molecular complexity index is 532. The van der Waals surface area contributed by atoms with Crippen molar-refractivity contribution in [3.05, 3.63) is 35.4 Å². The van der Waals surface area contributed by atoms with Crippen LogP contribution < -0.4 is 4.74 Å². The molecule has 1 fully saturated rings. The van der Waals surface area contributed by atoms with Gasteiger partial charge in [0.2, 0.25) is 0 Å². The largest absolute Gasteiger partial charge is 0.497 e. The van der Waals surface area contributed by atoms with Gasteiger partial charge in [0.25, 0.3) is 0 Å². The number of hydrogen-bond acceptors (Lipinski definition) is 4. The number of ether oxygens (including phenoxy) is 3. The van der Waals surface area contributed by atoms with Crippen LogP contribution in [-0.2, 0) is 14.3 Å². The average Bonchev–Trinajstić information content (AvgIpc) is 2.99. The molecule has 6 nitrogen and oxygen atoms in total. The maximum atomic E-state index is 11.9. The maximum Gasteiger partial charge on any atom is 0.422 e. The molecule has 1 aliphatic heterocycles. The second-order valence-corrected chi connectivity index (χ2v) is 4.41. The molecule has 0 aromatic heterocycles. The quantitative estimate of drug-likeness (QED) is 0.352. The van der Waals surface area contributed by atoms with E-state index in [1.54, 1.807) is 24.3 Å². The van der Waals surface area contributed by atoms with Gasteiger partial charge < -0.3 is 19.7 Å². The van der Waals surface area contributed by atoms with Crippen molar-refractivity contribution in [1.29, 1.82) is 0 Å². The molecule has 0 N–H and O–H groups in total. The fourth-order valence-corrected chi connectivity index (χ4v) is 2.00. The summed E-state index contributed by atoms with van der Waals surface area (Å²) >= 11 is 0. The van der Waals surface area contributed by atoms with Crippen LogP contribution in [0.3, 0.4) is 0 Å². The van der Waals surface area contributed by atoms with E-state index in [0.29, 0.717) is 17.9 Å². The summed E-state index contributed by atoms with van der Waals surface area (Å²) in [6.07, 6.45) is 1.78. The Kier molecular flexibility index (Phi) is 4.87. The molecule has 20 heavy (non-hydrogen) atoms. The lowest BCUT2D eigenvalue weighted by molar-refractivity contribution is -0.143. The van der Waals surface area contributed by atoms with E-state index in [1.165, 1.54) is 7.11 Å². The summed E-state index contributed by atoms with van der Waals surface area (Å²) in [5, 5.41) is 0. The molecule has 0 bridgehead atoms. The Balaban J connectivity index is 2.03.